The van der Waals surface area contributed by atoms with Gasteiger partial charge in [0.25, 0.3) is 0 Å². The van der Waals surface area contributed by atoms with Crippen molar-refractivity contribution >= 4 is 29.0 Å². The van der Waals surface area contributed by atoms with Crippen LogP contribution in [-0.2, 0) is 6.18 Å². The highest BCUT2D eigenvalue weighted by molar-refractivity contribution is 6.33. The first kappa shape index (κ1) is 15.4. The number of pyridine rings is 1. The van der Waals surface area contributed by atoms with E-state index in [2.05, 4.69) is 10.3 Å². The van der Waals surface area contributed by atoms with E-state index in [1.807, 2.05) is 13.8 Å². The molecule has 18 heavy (non-hydrogen) atoms. The molecule has 1 rings (SSSR count). The Kier molecular flexibility index (Phi) is 5.10. The summed E-state index contributed by atoms with van der Waals surface area (Å²) >= 11 is 11.5. The van der Waals surface area contributed by atoms with Crippen molar-refractivity contribution in [2.45, 2.75) is 26.1 Å². The molecule has 2 unspecified atom stereocenters. The van der Waals surface area contributed by atoms with Gasteiger partial charge in [-0.3, -0.25) is 0 Å². The largest absolute Gasteiger partial charge is 0.417 e. The fraction of sp³-hybridized carbons (Fsp3) is 0.545. The molecule has 1 heterocycles. The number of halogens is 5. The fourth-order valence-corrected chi connectivity index (χ4v) is 1.68. The molecule has 0 saturated heterocycles. The Morgan fingerprint density at radius 1 is 1.39 bits per heavy atom. The number of nitrogens with one attached hydrogen (secondary N) is 1. The van der Waals surface area contributed by atoms with E-state index in [1.165, 1.54) is 0 Å². The molecule has 0 aliphatic rings. The molecule has 0 spiro atoms. The van der Waals surface area contributed by atoms with Gasteiger partial charge < -0.3 is 5.32 Å². The molecule has 0 radical (unpaired) electrons. The minimum absolute atomic E-state index is 0.0377. The molecular formula is C11H13Cl2F3N2. The van der Waals surface area contributed by atoms with Crippen molar-refractivity contribution in [3.05, 3.63) is 22.8 Å². The van der Waals surface area contributed by atoms with Crippen LogP contribution in [0.25, 0.3) is 0 Å². The number of hydrogen-bond donors (Lipinski definition) is 1. The molecule has 0 fully saturated rings. The summed E-state index contributed by atoms with van der Waals surface area (Å²) in [5.41, 5.74) is -0.865. The van der Waals surface area contributed by atoms with Crippen LogP contribution >= 0.6 is 23.2 Å². The minimum atomic E-state index is -4.44. The van der Waals surface area contributed by atoms with Crippen LogP contribution in [0.3, 0.4) is 0 Å². The van der Waals surface area contributed by atoms with Gasteiger partial charge in [0.05, 0.1) is 10.6 Å². The number of nitrogens with zero attached hydrogens (tertiary/aromatic N) is 1. The summed E-state index contributed by atoms with van der Waals surface area (Å²) in [6.07, 6.45) is -3.68. The van der Waals surface area contributed by atoms with Crippen molar-refractivity contribution in [1.82, 2.24) is 4.98 Å². The van der Waals surface area contributed by atoms with Crippen LogP contribution in [-0.4, -0.2) is 16.9 Å². The lowest BCUT2D eigenvalue weighted by Gasteiger charge is -2.20. The highest BCUT2D eigenvalue weighted by atomic mass is 35.5. The second kappa shape index (κ2) is 5.97. The van der Waals surface area contributed by atoms with Crippen molar-refractivity contribution in [3.63, 3.8) is 0 Å². The molecule has 102 valence electrons. The molecular weight excluding hydrogens is 288 g/mol. The van der Waals surface area contributed by atoms with Gasteiger partial charge in [-0.1, -0.05) is 18.5 Å². The van der Waals surface area contributed by atoms with E-state index < -0.39 is 11.7 Å². The Labute approximate surface area is 113 Å². The lowest BCUT2D eigenvalue weighted by atomic mass is 10.1. The first-order chi connectivity index (χ1) is 8.25. The van der Waals surface area contributed by atoms with E-state index in [0.717, 1.165) is 12.3 Å². The van der Waals surface area contributed by atoms with E-state index in [1.54, 1.807) is 0 Å². The first-order valence-corrected chi connectivity index (χ1v) is 6.22. The second-order valence-electron chi connectivity index (χ2n) is 4.12. The van der Waals surface area contributed by atoms with Gasteiger partial charge in [0, 0.05) is 18.1 Å². The molecule has 0 aliphatic heterocycles. The SMILES string of the molecule is CC(CCl)C(C)Nc1ncc(C(F)(F)F)cc1Cl. The normalized spacial score (nSPS) is 15.3. The maximum absolute atomic E-state index is 12.4. The van der Waals surface area contributed by atoms with Gasteiger partial charge in [0.2, 0.25) is 0 Å². The summed E-state index contributed by atoms with van der Waals surface area (Å²) in [4.78, 5) is 3.70. The van der Waals surface area contributed by atoms with Crippen molar-refractivity contribution in [1.29, 1.82) is 0 Å². The summed E-state index contributed by atoms with van der Waals surface area (Å²) < 4.78 is 37.2. The minimum Gasteiger partial charge on any atom is -0.366 e. The van der Waals surface area contributed by atoms with Gasteiger partial charge in [-0.05, 0) is 18.9 Å². The Hall–Kier alpha value is -0.680. The zero-order valence-electron chi connectivity index (χ0n) is 9.85. The van der Waals surface area contributed by atoms with Crippen LogP contribution < -0.4 is 5.32 Å². The average molecular weight is 301 g/mol. The molecule has 2 atom stereocenters. The van der Waals surface area contributed by atoms with Crippen LogP contribution in [0.4, 0.5) is 19.0 Å². The third-order valence-corrected chi connectivity index (χ3v) is 3.40. The molecule has 0 aliphatic carbocycles. The van der Waals surface area contributed by atoms with E-state index >= 15 is 0 Å². The van der Waals surface area contributed by atoms with Crippen molar-refractivity contribution in [3.8, 4) is 0 Å². The molecule has 1 N–H and O–H groups in total. The summed E-state index contributed by atoms with van der Waals surface area (Å²) in [6, 6.07) is 0.818. The lowest BCUT2D eigenvalue weighted by molar-refractivity contribution is -0.137. The molecule has 2 nitrogen and oxygen atoms in total. The molecule has 0 amide bonds. The molecule has 0 saturated carbocycles. The molecule has 0 bridgehead atoms. The number of alkyl halides is 4. The summed E-state index contributed by atoms with van der Waals surface area (Å²) in [5.74, 6) is 0.813. The zero-order valence-corrected chi connectivity index (χ0v) is 11.4. The van der Waals surface area contributed by atoms with Crippen molar-refractivity contribution in [2.75, 3.05) is 11.2 Å². The zero-order chi connectivity index (χ0) is 13.9. The van der Waals surface area contributed by atoms with E-state index in [9.17, 15) is 13.2 Å². The molecule has 1 aromatic heterocycles. The second-order valence-corrected chi connectivity index (χ2v) is 4.83. The van der Waals surface area contributed by atoms with Crippen LogP contribution in [0.15, 0.2) is 12.3 Å². The molecule has 7 heteroatoms. The summed E-state index contributed by atoms with van der Waals surface area (Å²) in [5, 5.41) is 2.89. The predicted molar refractivity (Wildman–Crippen MR) is 67.2 cm³/mol. The van der Waals surface area contributed by atoms with Gasteiger partial charge in [0.1, 0.15) is 5.82 Å². The van der Waals surface area contributed by atoms with Crippen LogP contribution in [0.1, 0.15) is 19.4 Å². The van der Waals surface area contributed by atoms with Gasteiger partial charge in [-0.25, -0.2) is 4.98 Å². The van der Waals surface area contributed by atoms with Crippen LogP contribution in [0.2, 0.25) is 5.02 Å². The van der Waals surface area contributed by atoms with Crippen molar-refractivity contribution < 1.29 is 13.2 Å². The maximum Gasteiger partial charge on any atom is 0.417 e. The third-order valence-electron chi connectivity index (χ3n) is 2.63. The molecule has 1 aromatic rings. The predicted octanol–water partition coefficient (Wildman–Crippen LogP) is 4.43. The van der Waals surface area contributed by atoms with E-state index in [-0.39, 0.29) is 22.8 Å². The van der Waals surface area contributed by atoms with Crippen LogP contribution in [0, 0.1) is 5.92 Å². The Morgan fingerprint density at radius 3 is 2.44 bits per heavy atom. The molecule has 0 aromatic carbocycles. The van der Waals surface area contributed by atoms with Crippen molar-refractivity contribution in [2.24, 2.45) is 5.92 Å². The Balaban J connectivity index is 2.87. The number of anilines is 1. The van der Waals surface area contributed by atoms with Crippen LogP contribution in [0.5, 0.6) is 0 Å². The summed E-state index contributed by atoms with van der Waals surface area (Å²) in [6.45, 7) is 3.78. The maximum atomic E-state index is 12.4. The first-order valence-electron chi connectivity index (χ1n) is 5.31. The monoisotopic (exact) mass is 300 g/mol. The summed E-state index contributed by atoms with van der Waals surface area (Å²) in [7, 11) is 0. The Bertz CT molecular complexity index is 410. The topological polar surface area (TPSA) is 24.9 Å². The van der Waals surface area contributed by atoms with Gasteiger partial charge in [0.15, 0.2) is 0 Å². The van der Waals surface area contributed by atoms with Gasteiger partial charge >= 0.3 is 6.18 Å². The smallest absolute Gasteiger partial charge is 0.366 e. The number of rotatable bonds is 4. The lowest BCUT2D eigenvalue weighted by Crippen LogP contribution is -2.25. The average Bonchev–Trinajstić information content (AvgIpc) is 2.29. The Morgan fingerprint density at radius 2 is 2.00 bits per heavy atom. The van der Waals surface area contributed by atoms with E-state index in [4.69, 9.17) is 23.2 Å². The third kappa shape index (κ3) is 3.92. The standard InChI is InChI=1S/C11H13Cl2F3N2/c1-6(4-12)7(2)18-10-9(13)3-8(5-17-10)11(14,15)16/h3,5-7H,4H2,1-2H3,(H,17,18). The number of hydrogen-bond acceptors (Lipinski definition) is 2. The van der Waals surface area contributed by atoms with Gasteiger partial charge in [-0.2, -0.15) is 13.2 Å². The van der Waals surface area contributed by atoms with Gasteiger partial charge in [-0.15, -0.1) is 11.6 Å². The highest BCUT2D eigenvalue weighted by Crippen LogP contribution is 2.32. The fourth-order valence-electron chi connectivity index (χ4n) is 1.19. The number of aromatic nitrogens is 1. The van der Waals surface area contributed by atoms with E-state index in [0.29, 0.717) is 5.88 Å². The highest BCUT2D eigenvalue weighted by Gasteiger charge is 2.31. The quantitative estimate of drug-likeness (QED) is 0.832.